The van der Waals surface area contributed by atoms with Gasteiger partial charge in [0.25, 0.3) is 0 Å². The smallest absolute Gasteiger partial charge is 0.152 e. The van der Waals surface area contributed by atoms with Crippen LogP contribution >= 0.6 is 0 Å². The molecule has 0 heterocycles. The van der Waals surface area contributed by atoms with Crippen LogP contribution in [0.4, 0.5) is 0 Å². The van der Waals surface area contributed by atoms with Crippen molar-refractivity contribution in [2.45, 2.75) is 58.3 Å². The van der Waals surface area contributed by atoms with Gasteiger partial charge in [0.05, 0.1) is 0 Å². The first-order valence-corrected chi connectivity index (χ1v) is 5.52. The van der Waals surface area contributed by atoms with Crippen LogP contribution in [-0.2, 0) is 0 Å². The predicted molar refractivity (Wildman–Crippen MR) is 58.2 cm³/mol. The minimum Gasteiger partial charge on any atom is -0.624 e. The van der Waals surface area contributed by atoms with Gasteiger partial charge in [-0.25, -0.2) is 4.74 Å². The van der Waals surface area contributed by atoms with E-state index in [9.17, 15) is 5.21 Å². The molecular weight excluding hydrogens is 162 g/mol. The van der Waals surface area contributed by atoms with E-state index in [0.717, 1.165) is 11.2 Å². The average molecular weight is 185 g/mol. The van der Waals surface area contributed by atoms with Crippen molar-refractivity contribution in [2.24, 2.45) is 0 Å². The first-order chi connectivity index (χ1) is 6.27. The van der Waals surface area contributed by atoms with E-state index >= 15 is 0 Å². The lowest BCUT2D eigenvalue weighted by molar-refractivity contribution is -0.449. The predicted octanol–water partition coefficient (Wildman–Crippen LogP) is 3.34. The van der Waals surface area contributed by atoms with Gasteiger partial charge < -0.3 is 5.21 Å². The Hall–Kier alpha value is -0.530. The third-order valence-corrected chi connectivity index (χ3v) is 2.26. The zero-order valence-electron chi connectivity index (χ0n) is 8.93. The molecule has 0 saturated heterocycles. The zero-order valence-corrected chi connectivity index (χ0v) is 8.93. The summed E-state index contributed by atoms with van der Waals surface area (Å²) in [5.74, 6) is 0. The van der Waals surface area contributed by atoms with Crippen LogP contribution in [0.1, 0.15) is 58.3 Å². The van der Waals surface area contributed by atoms with Crippen LogP contribution in [0.25, 0.3) is 0 Å². The van der Waals surface area contributed by atoms with Gasteiger partial charge in [0, 0.05) is 6.42 Å². The second kappa shape index (κ2) is 9.56. The third-order valence-electron chi connectivity index (χ3n) is 2.26. The van der Waals surface area contributed by atoms with Crippen molar-refractivity contribution in [3.63, 3.8) is 0 Å². The van der Waals surface area contributed by atoms with Gasteiger partial charge in [-0.15, -0.1) is 0 Å². The Balaban J connectivity index is 2.87. The Morgan fingerprint density at radius 1 is 0.923 bits per heavy atom. The van der Waals surface area contributed by atoms with E-state index in [4.69, 9.17) is 0 Å². The molecule has 13 heavy (non-hydrogen) atoms. The van der Waals surface area contributed by atoms with Crippen LogP contribution in [-0.4, -0.2) is 18.0 Å². The summed E-state index contributed by atoms with van der Waals surface area (Å²) in [6.07, 6.45) is 10.2. The summed E-state index contributed by atoms with van der Waals surface area (Å²) >= 11 is 0. The minimum absolute atomic E-state index is 0.592. The molecule has 0 fully saturated rings. The molecule has 0 spiro atoms. The van der Waals surface area contributed by atoms with Crippen molar-refractivity contribution in [3.8, 4) is 0 Å². The van der Waals surface area contributed by atoms with Crippen LogP contribution in [0.5, 0.6) is 0 Å². The van der Waals surface area contributed by atoms with E-state index in [1.807, 2.05) is 0 Å². The Kier molecular flexibility index (Phi) is 9.17. The Bertz CT molecular complexity index is 123. The summed E-state index contributed by atoms with van der Waals surface area (Å²) in [5, 5.41) is 10.4. The van der Waals surface area contributed by atoms with E-state index in [0.29, 0.717) is 6.54 Å². The number of hydrogen-bond acceptors (Lipinski definition) is 1. The zero-order chi connectivity index (χ0) is 9.94. The lowest BCUT2D eigenvalue weighted by atomic mass is 10.1. The Morgan fingerprint density at radius 3 is 1.85 bits per heavy atom. The van der Waals surface area contributed by atoms with E-state index in [1.54, 1.807) is 0 Å². The maximum Gasteiger partial charge on any atom is 0.152 e. The number of nitrogens with zero attached hydrogens (tertiary/aromatic N) is 1. The highest BCUT2D eigenvalue weighted by Gasteiger charge is 1.93. The standard InChI is InChI=1S/C11H23NO/c1-3-4-5-6-7-8-9-10-11-12(2)13/h2-11H2,1H3. The topological polar surface area (TPSA) is 26.1 Å². The normalized spacial score (nSPS) is 10.2. The first kappa shape index (κ1) is 12.5. The summed E-state index contributed by atoms with van der Waals surface area (Å²) < 4.78 is 0.775. The Morgan fingerprint density at radius 2 is 1.38 bits per heavy atom. The molecule has 0 amide bonds. The van der Waals surface area contributed by atoms with Gasteiger partial charge in [0.15, 0.2) is 6.54 Å². The summed E-state index contributed by atoms with van der Waals surface area (Å²) in [6, 6.07) is 0. The highest BCUT2D eigenvalue weighted by Crippen LogP contribution is 2.07. The van der Waals surface area contributed by atoms with Crippen LogP contribution in [0.15, 0.2) is 0 Å². The van der Waals surface area contributed by atoms with Gasteiger partial charge in [-0.05, 0) is 6.42 Å². The van der Waals surface area contributed by atoms with Crippen molar-refractivity contribution >= 4 is 6.72 Å². The summed E-state index contributed by atoms with van der Waals surface area (Å²) in [5.41, 5.74) is 0. The van der Waals surface area contributed by atoms with E-state index < -0.39 is 0 Å². The minimum atomic E-state index is 0.592. The summed E-state index contributed by atoms with van der Waals surface area (Å²) in [4.78, 5) is 0. The van der Waals surface area contributed by atoms with Crippen LogP contribution < -0.4 is 0 Å². The van der Waals surface area contributed by atoms with Gasteiger partial charge in [-0.2, -0.15) is 0 Å². The molecule has 2 heteroatoms. The maximum absolute atomic E-state index is 10.4. The van der Waals surface area contributed by atoms with Crippen molar-refractivity contribution < 1.29 is 4.74 Å². The molecule has 0 aromatic heterocycles. The lowest BCUT2D eigenvalue weighted by Crippen LogP contribution is -2.01. The monoisotopic (exact) mass is 185 g/mol. The maximum atomic E-state index is 10.4. The molecular formula is C11H23NO. The molecule has 0 rings (SSSR count). The molecule has 2 nitrogen and oxygen atoms in total. The molecule has 0 aromatic carbocycles. The number of hydroxylamine groups is 1. The molecule has 0 unspecified atom stereocenters. The number of unbranched alkanes of at least 4 members (excludes halogenated alkanes) is 7. The fraction of sp³-hybridized carbons (Fsp3) is 0.909. The second-order valence-electron chi connectivity index (χ2n) is 3.68. The average Bonchev–Trinajstić information content (AvgIpc) is 2.09. The molecule has 0 N–H and O–H groups in total. The van der Waals surface area contributed by atoms with Gasteiger partial charge in [-0.1, -0.05) is 45.4 Å². The third kappa shape index (κ3) is 11.5. The fourth-order valence-corrected chi connectivity index (χ4v) is 1.42. The van der Waals surface area contributed by atoms with Gasteiger partial charge >= 0.3 is 0 Å². The van der Waals surface area contributed by atoms with Crippen LogP contribution in [0.2, 0.25) is 0 Å². The molecule has 0 aliphatic rings. The van der Waals surface area contributed by atoms with Crippen LogP contribution in [0.3, 0.4) is 0 Å². The molecule has 0 aliphatic heterocycles. The molecule has 0 radical (unpaired) electrons. The quantitative estimate of drug-likeness (QED) is 0.178. The van der Waals surface area contributed by atoms with E-state index in [-0.39, 0.29) is 0 Å². The Labute approximate surface area is 82.2 Å². The molecule has 0 aromatic rings. The van der Waals surface area contributed by atoms with Gasteiger partial charge in [-0.3, -0.25) is 0 Å². The lowest BCUT2D eigenvalue weighted by Gasteiger charge is -2.01. The number of hydrogen-bond donors (Lipinski definition) is 0. The van der Waals surface area contributed by atoms with Crippen molar-refractivity contribution in [1.29, 1.82) is 0 Å². The summed E-state index contributed by atoms with van der Waals surface area (Å²) in [6.45, 7) is 6.10. The SMILES string of the molecule is C=[N+]([O-])CCCCCCCCCC. The molecule has 0 atom stereocenters. The molecule has 0 saturated carbocycles. The first-order valence-electron chi connectivity index (χ1n) is 5.52. The van der Waals surface area contributed by atoms with E-state index in [1.165, 1.54) is 44.9 Å². The molecule has 0 aliphatic carbocycles. The van der Waals surface area contributed by atoms with Crippen molar-refractivity contribution in [3.05, 3.63) is 5.21 Å². The van der Waals surface area contributed by atoms with Gasteiger partial charge in [0.1, 0.15) is 6.72 Å². The largest absolute Gasteiger partial charge is 0.624 e. The van der Waals surface area contributed by atoms with Crippen molar-refractivity contribution in [2.75, 3.05) is 6.54 Å². The molecule has 78 valence electrons. The second-order valence-corrected chi connectivity index (χ2v) is 3.68. The van der Waals surface area contributed by atoms with Crippen LogP contribution in [0, 0.1) is 5.21 Å². The number of rotatable bonds is 9. The fourth-order valence-electron chi connectivity index (χ4n) is 1.42. The van der Waals surface area contributed by atoms with E-state index in [2.05, 4.69) is 13.6 Å². The molecule has 0 bridgehead atoms. The summed E-state index contributed by atoms with van der Waals surface area (Å²) in [7, 11) is 0. The highest BCUT2D eigenvalue weighted by atomic mass is 16.5. The highest BCUT2D eigenvalue weighted by molar-refractivity contribution is 5.14. The van der Waals surface area contributed by atoms with Crippen molar-refractivity contribution in [1.82, 2.24) is 0 Å². The van der Waals surface area contributed by atoms with Gasteiger partial charge in [0.2, 0.25) is 0 Å².